The number of hydrogen-bond donors (Lipinski definition) is 1. The molecule has 5 heteroatoms. The molecule has 100 valence electrons. The van der Waals surface area contributed by atoms with Gasteiger partial charge >= 0.3 is 0 Å². The van der Waals surface area contributed by atoms with Gasteiger partial charge in [-0.25, -0.2) is 0 Å². The molecule has 0 aromatic heterocycles. The second-order valence-electron chi connectivity index (χ2n) is 4.25. The fourth-order valence-electron chi connectivity index (χ4n) is 2.00. The van der Waals surface area contributed by atoms with Crippen molar-refractivity contribution in [1.29, 1.82) is 0 Å². The highest BCUT2D eigenvalue weighted by molar-refractivity contribution is 9.10. The number of hydrogen-bond acceptors (Lipinski definition) is 4. The average molecular weight is 316 g/mol. The van der Waals surface area contributed by atoms with Crippen molar-refractivity contribution in [3.05, 3.63) is 22.2 Å². The highest BCUT2D eigenvalue weighted by Crippen LogP contribution is 2.35. The SMILES string of the molecule is CCOc1cc(CN2CCOCC2)cc(Br)c1O. The topological polar surface area (TPSA) is 41.9 Å². The molecule has 2 rings (SSSR count). The summed E-state index contributed by atoms with van der Waals surface area (Å²) in [5.41, 5.74) is 1.13. The van der Waals surface area contributed by atoms with E-state index >= 15 is 0 Å². The number of morpholine rings is 1. The number of phenols is 1. The standard InChI is InChI=1S/C13H18BrNO3/c1-2-18-12-8-10(7-11(14)13(12)16)9-15-3-5-17-6-4-15/h7-8,16H,2-6,9H2,1H3. The van der Waals surface area contributed by atoms with Gasteiger partial charge in [-0.05, 0) is 40.5 Å². The van der Waals surface area contributed by atoms with Crippen molar-refractivity contribution in [3.8, 4) is 11.5 Å². The van der Waals surface area contributed by atoms with Crippen molar-refractivity contribution >= 4 is 15.9 Å². The van der Waals surface area contributed by atoms with Crippen LogP contribution in [0.25, 0.3) is 0 Å². The van der Waals surface area contributed by atoms with Crippen LogP contribution in [0.1, 0.15) is 12.5 Å². The number of phenolic OH excluding ortho intramolecular Hbond substituents is 1. The van der Waals surface area contributed by atoms with Crippen LogP contribution in [0, 0.1) is 0 Å². The molecule has 0 bridgehead atoms. The van der Waals surface area contributed by atoms with E-state index in [-0.39, 0.29) is 5.75 Å². The summed E-state index contributed by atoms with van der Waals surface area (Å²) >= 11 is 3.36. The smallest absolute Gasteiger partial charge is 0.172 e. The Bertz CT molecular complexity index is 405. The van der Waals surface area contributed by atoms with Crippen LogP contribution in [0.2, 0.25) is 0 Å². The average Bonchev–Trinajstić information content (AvgIpc) is 2.37. The maximum Gasteiger partial charge on any atom is 0.172 e. The highest BCUT2D eigenvalue weighted by Gasteiger charge is 2.14. The van der Waals surface area contributed by atoms with E-state index in [0.717, 1.165) is 38.4 Å². The van der Waals surface area contributed by atoms with Gasteiger partial charge in [-0.3, -0.25) is 4.90 Å². The first-order valence-corrected chi connectivity index (χ1v) is 6.94. The second-order valence-corrected chi connectivity index (χ2v) is 5.10. The number of benzene rings is 1. The number of rotatable bonds is 4. The first-order chi connectivity index (χ1) is 8.70. The molecule has 0 radical (unpaired) electrons. The molecule has 4 nitrogen and oxygen atoms in total. The zero-order chi connectivity index (χ0) is 13.0. The lowest BCUT2D eigenvalue weighted by atomic mass is 10.2. The molecule has 0 atom stereocenters. The Morgan fingerprint density at radius 3 is 2.78 bits per heavy atom. The Morgan fingerprint density at radius 1 is 1.39 bits per heavy atom. The fraction of sp³-hybridized carbons (Fsp3) is 0.538. The molecule has 1 aromatic carbocycles. The first-order valence-electron chi connectivity index (χ1n) is 6.15. The van der Waals surface area contributed by atoms with E-state index in [1.54, 1.807) is 0 Å². The summed E-state index contributed by atoms with van der Waals surface area (Å²) < 4.78 is 11.4. The summed E-state index contributed by atoms with van der Waals surface area (Å²) in [6.07, 6.45) is 0. The Kier molecular flexibility index (Phi) is 4.86. The van der Waals surface area contributed by atoms with Crippen molar-refractivity contribution in [2.45, 2.75) is 13.5 Å². The molecule has 1 saturated heterocycles. The van der Waals surface area contributed by atoms with E-state index in [1.165, 1.54) is 0 Å². The van der Waals surface area contributed by atoms with Gasteiger partial charge in [-0.1, -0.05) is 0 Å². The summed E-state index contributed by atoms with van der Waals surface area (Å²) in [7, 11) is 0. The van der Waals surface area contributed by atoms with Gasteiger partial charge in [0, 0.05) is 19.6 Å². The lowest BCUT2D eigenvalue weighted by Crippen LogP contribution is -2.35. The Labute approximate surface area is 116 Å². The van der Waals surface area contributed by atoms with Crippen LogP contribution >= 0.6 is 15.9 Å². The third kappa shape index (κ3) is 3.37. The third-order valence-electron chi connectivity index (χ3n) is 2.90. The molecule has 0 amide bonds. The van der Waals surface area contributed by atoms with E-state index < -0.39 is 0 Å². The van der Waals surface area contributed by atoms with Crippen LogP contribution in [0.15, 0.2) is 16.6 Å². The normalized spacial score (nSPS) is 16.8. The predicted octanol–water partition coefficient (Wildman–Crippen LogP) is 2.39. The maximum atomic E-state index is 9.85. The van der Waals surface area contributed by atoms with Gasteiger partial charge in [-0.15, -0.1) is 0 Å². The number of ether oxygens (including phenoxy) is 2. The maximum absolute atomic E-state index is 9.85. The number of nitrogens with zero attached hydrogens (tertiary/aromatic N) is 1. The van der Waals surface area contributed by atoms with Crippen LogP contribution in [0.3, 0.4) is 0 Å². The van der Waals surface area contributed by atoms with Gasteiger partial charge in [-0.2, -0.15) is 0 Å². The van der Waals surface area contributed by atoms with E-state index in [2.05, 4.69) is 20.8 Å². The van der Waals surface area contributed by atoms with Crippen LogP contribution in [0.4, 0.5) is 0 Å². The van der Waals surface area contributed by atoms with Crippen molar-refractivity contribution < 1.29 is 14.6 Å². The molecule has 18 heavy (non-hydrogen) atoms. The van der Waals surface area contributed by atoms with Crippen molar-refractivity contribution in [2.75, 3.05) is 32.9 Å². The molecular formula is C13H18BrNO3. The minimum Gasteiger partial charge on any atom is -0.503 e. The molecular weight excluding hydrogens is 298 g/mol. The van der Waals surface area contributed by atoms with Crippen LogP contribution in [0.5, 0.6) is 11.5 Å². The Hall–Kier alpha value is -0.780. The third-order valence-corrected chi connectivity index (χ3v) is 3.50. The minimum absolute atomic E-state index is 0.169. The Balaban J connectivity index is 2.11. The fourth-order valence-corrected chi connectivity index (χ4v) is 2.49. The van der Waals surface area contributed by atoms with E-state index in [1.807, 2.05) is 19.1 Å². The van der Waals surface area contributed by atoms with Crippen molar-refractivity contribution in [3.63, 3.8) is 0 Å². The summed E-state index contributed by atoms with van der Waals surface area (Å²) in [5, 5.41) is 9.85. The summed E-state index contributed by atoms with van der Waals surface area (Å²) in [6, 6.07) is 3.84. The first kappa shape index (κ1) is 13.6. The number of halogens is 1. The van der Waals surface area contributed by atoms with Crippen molar-refractivity contribution in [2.24, 2.45) is 0 Å². The van der Waals surface area contributed by atoms with E-state index in [0.29, 0.717) is 16.8 Å². The summed E-state index contributed by atoms with van der Waals surface area (Å²) in [4.78, 5) is 2.33. The molecule has 0 saturated carbocycles. The molecule has 1 N–H and O–H groups in total. The molecule has 1 aromatic rings. The summed E-state index contributed by atoms with van der Waals surface area (Å²) in [6.45, 7) is 6.77. The molecule has 0 spiro atoms. The van der Waals surface area contributed by atoms with Gasteiger partial charge in [0.25, 0.3) is 0 Å². The zero-order valence-corrected chi connectivity index (χ0v) is 12.1. The lowest BCUT2D eigenvalue weighted by molar-refractivity contribution is 0.0341. The monoisotopic (exact) mass is 315 g/mol. The lowest BCUT2D eigenvalue weighted by Gasteiger charge is -2.26. The predicted molar refractivity (Wildman–Crippen MR) is 73.1 cm³/mol. The second kappa shape index (κ2) is 6.41. The quantitative estimate of drug-likeness (QED) is 0.926. The zero-order valence-electron chi connectivity index (χ0n) is 10.5. The van der Waals surface area contributed by atoms with E-state index in [9.17, 15) is 5.11 Å². The van der Waals surface area contributed by atoms with Gasteiger partial charge < -0.3 is 14.6 Å². The molecule has 1 aliphatic rings. The van der Waals surface area contributed by atoms with Crippen LogP contribution < -0.4 is 4.74 Å². The molecule has 1 fully saturated rings. The molecule has 1 heterocycles. The van der Waals surface area contributed by atoms with Gasteiger partial charge in [0.2, 0.25) is 0 Å². The summed E-state index contributed by atoms with van der Waals surface area (Å²) in [5.74, 6) is 0.706. The van der Waals surface area contributed by atoms with Gasteiger partial charge in [0.05, 0.1) is 24.3 Å². The minimum atomic E-state index is 0.169. The van der Waals surface area contributed by atoms with Gasteiger partial charge in [0.1, 0.15) is 0 Å². The van der Waals surface area contributed by atoms with Gasteiger partial charge in [0.15, 0.2) is 11.5 Å². The number of aromatic hydroxyl groups is 1. The van der Waals surface area contributed by atoms with E-state index in [4.69, 9.17) is 9.47 Å². The largest absolute Gasteiger partial charge is 0.503 e. The van der Waals surface area contributed by atoms with Crippen molar-refractivity contribution in [1.82, 2.24) is 4.90 Å². The molecule has 0 aliphatic carbocycles. The Morgan fingerprint density at radius 2 is 2.11 bits per heavy atom. The van der Waals surface area contributed by atoms with Crippen LogP contribution in [-0.4, -0.2) is 42.9 Å². The molecule has 0 unspecified atom stereocenters. The van der Waals surface area contributed by atoms with Crippen LogP contribution in [-0.2, 0) is 11.3 Å². The molecule has 1 aliphatic heterocycles. The highest BCUT2D eigenvalue weighted by atomic mass is 79.9.